The average molecular weight is 179 g/mol. The summed E-state index contributed by atoms with van der Waals surface area (Å²) in [5.74, 6) is -2.38. The van der Waals surface area contributed by atoms with Crippen molar-refractivity contribution in [3.63, 3.8) is 0 Å². The van der Waals surface area contributed by atoms with Crippen LogP contribution in [0.4, 0.5) is 0 Å². The van der Waals surface area contributed by atoms with E-state index in [4.69, 9.17) is 15.6 Å². The van der Waals surface area contributed by atoms with Crippen LogP contribution in [-0.2, 0) is 4.74 Å². The lowest BCUT2D eigenvalue weighted by atomic mass is 9.95. The Hall–Kier alpha value is -0.240. The van der Waals surface area contributed by atoms with Gasteiger partial charge in [0.2, 0.25) is 5.79 Å². The minimum absolute atomic E-state index is 0.102. The largest absolute Gasteiger partial charge is 0.394 e. The highest BCUT2D eigenvalue weighted by molar-refractivity contribution is 4.94. The molecule has 12 heavy (non-hydrogen) atoms. The zero-order chi connectivity index (χ0) is 9.35. The summed E-state index contributed by atoms with van der Waals surface area (Å²) >= 11 is 0. The zero-order valence-corrected chi connectivity index (χ0v) is 6.42. The molecule has 0 unspecified atom stereocenters. The minimum atomic E-state index is -2.38. The fraction of sp³-hybridized carbons (Fsp3) is 1.00. The predicted molar refractivity (Wildman–Crippen MR) is 38.0 cm³/mol. The van der Waals surface area contributed by atoms with Crippen molar-refractivity contribution in [3.05, 3.63) is 0 Å². The van der Waals surface area contributed by atoms with Crippen molar-refractivity contribution in [2.75, 3.05) is 13.2 Å². The smallest absolute Gasteiger partial charge is 0.210 e. The summed E-state index contributed by atoms with van der Waals surface area (Å²) < 4.78 is 4.84. The minimum Gasteiger partial charge on any atom is -0.394 e. The van der Waals surface area contributed by atoms with Crippen LogP contribution in [0.2, 0.25) is 0 Å². The molecule has 6 heteroatoms. The molecule has 72 valence electrons. The van der Waals surface area contributed by atoms with Gasteiger partial charge in [-0.05, 0) is 0 Å². The van der Waals surface area contributed by atoms with Crippen molar-refractivity contribution in [2.45, 2.75) is 24.0 Å². The van der Waals surface area contributed by atoms with Crippen LogP contribution in [0.5, 0.6) is 0 Å². The van der Waals surface area contributed by atoms with Gasteiger partial charge in [-0.15, -0.1) is 0 Å². The maximum Gasteiger partial charge on any atom is 0.210 e. The van der Waals surface area contributed by atoms with Gasteiger partial charge in [-0.1, -0.05) is 0 Å². The second-order valence-electron chi connectivity index (χ2n) is 2.89. The van der Waals surface area contributed by atoms with Crippen LogP contribution < -0.4 is 5.73 Å². The van der Waals surface area contributed by atoms with Crippen LogP contribution in [0.1, 0.15) is 0 Å². The summed E-state index contributed by atoms with van der Waals surface area (Å²) in [6, 6.07) is -1.06. The van der Waals surface area contributed by atoms with E-state index >= 15 is 0 Å². The molecule has 1 aliphatic rings. The molecule has 1 aliphatic heterocycles. The molecule has 1 heterocycles. The third-order valence-electron chi connectivity index (χ3n) is 2.00. The van der Waals surface area contributed by atoms with Crippen molar-refractivity contribution in [2.24, 2.45) is 5.73 Å². The molecule has 0 spiro atoms. The van der Waals surface area contributed by atoms with E-state index in [0.717, 1.165) is 0 Å². The van der Waals surface area contributed by atoms with E-state index in [2.05, 4.69) is 0 Å². The number of ether oxygens (including phenoxy) is 1. The second-order valence-corrected chi connectivity index (χ2v) is 2.89. The molecule has 0 amide bonds. The SMILES string of the molecule is N[C@H]1CO[C@H](CO)[C@@H](O)C1(O)O. The molecule has 0 bridgehead atoms. The summed E-state index contributed by atoms with van der Waals surface area (Å²) in [5.41, 5.74) is 5.25. The fourth-order valence-corrected chi connectivity index (χ4v) is 1.09. The lowest BCUT2D eigenvalue weighted by Crippen LogP contribution is -2.66. The molecule has 6 nitrogen and oxygen atoms in total. The average Bonchev–Trinajstić information content (AvgIpc) is 2.02. The van der Waals surface area contributed by atoms with E-state index < -0.39 is 30.6 Å². The Bertz CT molecular complexity index is 162. The molecule has 0 saturated carbocycles. The van der Waals surface area contributed by atoms with Gasteiger partial charge in [0.25, 0.3) is 0 Å². The highest BCUT2D eigenvalue weighted by Gasteiger charge is 2.48. The maximum atomic E-state index is 9.20. The molecule has 1 saturated heterocycles. The number of hydrogen-bond acceptors (Lipinski definition) is 6. The van der Waals surface area contributed by atoms with E-state index in [1.165, 1.54) is 0 Å². The van der Waals surface area contributed by atoms with Gasteiger partial charge in [0.1, 0.15) is 12.2 Å². The molecule has 1 rings (SSSR count). The molecule has 0 aliphatic carbocycles. The van der Waals surface area contributed by atoms with Gasteiger partial charge >= 0.3 is 0 Å². The van der Waals surface area contributed by atoms with Crippen LogP contribution in [-0.4, -0.2) is 57.7 Å². The summed E-state index contributed by atoms with van der Waals surface area (Å²) in [6.45, 7) is -0.577. The Labute approximate surface area is 69.2 Å². The first-order valence-corrected chi connectivity index (χ1v) is 3.61. The van der Waals surface area contributed by atoms with Crippen molar-refractivity contribution < 1.29 is 25.2 Å². The lowest BCUT2D eigenvalue weighted by Gasteiger charge is -2.41. The first kappa shape index (κ1) is 9.85. The molecule has 6 N–H and O–H groups in total. The van der Waals surface area contributed by atoms with Crippen molar-refractivity contribution in [1.82, 2.24) is 0 Å². The molecule has 0 aromatic rings. The third kappa shape index (κ3) is 1.45. The number of rotatable bonds is 1. The van der Waals surface area contributed by atoms with Gasteiger partial charge in [-0.25, -0.2) is 0 Å². The van der Waals surface area contributed by atoms with Crippen LogP contribution in [0.3, 0.4) is 0 Å². The van der Waals surface area contributed by atoms with Gasteiger partial charge < -0.3 is 30.9 Å². The van der Waals surface area contributed by atoms with Crippen LogP contribution in [0.25, 0.3) is 0 Å². The van der Waals surface area contributed by atoms with E-state index in [1.54, 1.807) is 0 Å². The van der Waals surface area contributed by atoms with Gasteiger partial charge in [-0.3, -0.25) is 0 Å². The molecule has 0 aromatic carbocycles. The Morgan fingerprint density at radius 2 is 2.08 bits per heavy atom. The van der Waals surface area contributed by atoms with Gasteiger partial charge in [0.15, 0.2) is 0 Å². The summed E-state index contributed by atoms with van der Waals surface area (Å²) in [7, 11) is 0. The second kappa shape index (κ2) is 3.25. The number of hydrogen-bond donors (Lipinski definition) is 5. The molecular formula is C6H13NO5. The van der Waals surface area contributed by atoms with Crippen LogP contribution in [0.15, 0.2) is 0 Å². The van der Waals surface area contributed by atoms with Crippen molar-refractivity contribution >= 4 is 0 Å². The van der Waals surface area contributed by atoms with E-state index in [9.17, 15) is 15.3 Å². The first-order valence-electron chi connectivity index (χ1n) is 3.61. The van der Waals surface area contributed by atoms with Gasteiger partial charge in [0.05, 0.1) is 19.3 Å². The van der Waals surface area contributed by atoms with E-state index in [0.29, 0.717) is 0 Å². The number of nitrogens with two attached hydrogens (primary N) is 1. The summed E-state index contributed by atoms with van der Waals surface area (Å²) in [5, 5.41) is 36.2. The van der Waals surface area contributed by atoms with Crippen molar-refractivity contribution in [3.8, 4) is 0 Å². The van der Waals surface area contributed by atoms with Crippen molar-refractivity contribution in [1.29, 1.82) is 0 Å². The monoisotopic (exact) mass is 179 g/mol. The predicted octanol–water partition coefficient (Wildman–Crippen LogP) is -3.25. The highest BCUT2D eigenvalue weighted by Crippen LogP contribution is 2.21. The van der Waals surface area contributed by atoms with Gasteiger partial charge in [0, 0.05) is 0 Å². The van der Waals surface area contributed by atoms with Gasteiger partial charge in [-0.2, -0.15) is 0 Å². The summed E-state index contributed by atoms with van der Waals surface area (Å²) in [6.07, 6.45) is -2.56. The lowest BCUT2D eigenvalue weighted by molar-refractivity contribution is -0.299. The van der Waals surface area contributed by atoms with Crippen LogP contribution >= 0.6 is 0 Å². The molecule has 1 fully saturated rings. The maximum absolute atomic E-state index is 9.20. The summed E-state index contributed by atoms with van der Waals surface area (Å²) in [4.78, 5) is 0. The Morgan fingerprint density at radius 3 is 2.58 bits per heavy atom. The molecule has 0 aromatic heterocycles. The number of aliphatic hydroxyl groups excluding tert-OH is 2. The normalized spacial score (nSPS) is 41.2. The van der Waals surface area contributed by atoms with E-state index in [-0.39, 0.29) is 6.61 Å². The fourth-order valence-electron chi connectivity index (χ4n) is 1.09. The van der Waals surface area contributed by atoms with E-state index in [1.807, 2.05) is 0 Å². The molecular weight excluding hydrogens is 166 g/mol. The highest BCUT2D eigenvalue weighted by atomic mass is 16.6. The molecule has 0 radical (unpaired) electrons. The number of aliphatic hydroxyl groups is 4. The Kier molecular flexibility index (Phi) is 2.67. The molecule has 3 atom stereocenters. The standard InChI is InChI=1S/C6H13NO5/c7-4-2-12-3(1-8)5(9)6(4,10)11/h3-5,8-11H,1-2,7H2/t3-,4+,5-/m1/s1. The third-order valence-corrected chi connectivity index (χ3v) is 2.00. The van der Waals surface area contributed by atoms with Crippen LogP contribution in [0, 0.1) is 0 Å². The quantitative estimate of drug-likeness (QED) is 0.270. The zero-order valence-electron chi connectivity index (χ0n) is 6.42. The Balaban J connectivity index is 2.71. The Morgan fingerprint density at radius 1 is 1.50 bits per heavy atom. The first-order chi connectivity index (χ1) is 5.50. The topological polar surface area (TPSA) is 116 Å².